The number of carbonyl (C=O) groups is 1. The van der Waals surface area contributed by atoms with Gasteiger partial charge in [0.05, 0.1) is 5.56 Å². The Hall–Kier alpha value is -1.51. The van der Waals surface area contributed by atoms with Crippen molar-refractivity contribution in [2.24, 2.45) is 5.92 Å². The van der Waals surface area contributed by atoms with E-state index in [9.17, 15) is 4.79 Å². The van der Waals surface area contributed by atoms with Gasteiger partial charge in [-0.15, -0.1) is 0 Å². The SMILES string of the molecule is CCCNc1cc(C)ccc1C(=O)N(C)CCC(C)C. The number of nitrogens with zero attached hydrogens (tertiary/aromatic N) is 1. The van der Waals surface area contributed by atoms with E-state index in [0.29, 0.717) is 5.92 Å². The lowest BCUT2D eigenvalue weighted by Gasteiger charge is -2.20. The van der Waals surface area contributed by atoms with Crippen LogP contribution in [-0.4, -0.2) is 30.9 Å². The molecule has 0 spiro atoms. The van der Waals surface area contributed by atoms with Crippen LogP contribution in [-0.2, 0) is 0 Å². The molecule has 112 valence electrons. The smallest absolute Gasteiger partial charge is 0.255 e. The molecule has 0 radical (unpaired) electrons. The number of rotatable bonds is 7. The summed E-state index contributed by atoms with van der Waals surface area (Å²) in [7, 11) is 1.88. The molecular weight excluding hydrogens is 248 g/mol. The predicted molar refractivity (Wildman–Crippen MR) is 86.4 cm³/mol. The summed E-state index contributed by atoms with van der Waals surface area (Å²) >= 11 is 0. The maximum atomic E-state index is 12.5. The van der Waals surface area contributed by atoms with Gasteiger partial charge in [0.25, 0.3) is 5.91 Å². The maximum absolute atomic E-state index is 12.5. The van der Waals surface area contributed by atoms with Crippen molar-refractivity contribution in [1.29, 1.82) is 0 Å². The molecule has 0 atom stereocenters. The first-order chi connectivity index (χ1) is 9.45. The third-order valence-corrected chi connectivity index (χ3v) is 3.36. The fourth-order valence-corrected chi connectivity index (χ4v) is 2.01. The van der Waals surface area contributed by atoms with Gasteiger partial charge in [-0.1, -0.05) is 26.8 Å². The number of benzene rings is 1. The van der Waals surface area contributed by atoms with Gasteiger partial charge in [-0.3, -0.25) is 4.79 Å². The molecule has 3 heteroatoms. The number of aryl methyl sites for hydroxylation is 1. The number of nitrogens with one attached hydrogen (secondary N) is 1. The first kappa shape index (κ1) is 16.5. The van der Waals surface area contributed by atoms with Gasteiger partial charge in [0.15, 0.2) is 0 Å². The van der Waals surface area contributed by atoms with Crippen LogP contribution in [0, 0.1) is 12.8 Å². The van der Waals surface area contributed by atoms with Crippen LogP contribution >= 0.6 is 0 Å². The molecule has 0 bridgehead atoms. The third-order valence-electron chi connectivity index (χ3n) is 3.36. The molecule has 0 unspecified atom stereocenters. The van der Waals surface area contributed by atoms with Crippen molar-refractivity contribution in [3.63, 3.8) is 0 Å². The molecule has 1 aromatic rings. The normalized spacial score (nSPS) is 10.7. The monoisotopic (exact) mass is 276 g/mol. The topological polar surface area (TPSA) is 32.3 Å². The van der Waals surface area contributed by atoms with E-state index in [1.807, 2.05) is 31.0 Å². The Morgan fingerprint density at radius 2 is 2.05 bits per heavy atom. The number of amides is 1. The van der Waals surface area contributed by atoms with E-state index in [1.54, 1.807) is 0 Å². The first-order valence-corrected chi connectivity index (χ1v) is 7.55. The lowest BCUT2D eigenvalue weighted by atomic mass is 10.1. The molecule has 1 amide bonds. The molecule has 1 N–H and O–H groups in total. The van der Waals surface area contributed by atoms with Crippen LogP contribution in [0.4, 0.5) is 5.69 Å². The van der Waals surface area contributed by atoms with Gasteiger partial charge in [-0.2, -0.15) is 0 Å². The fraction of sp³-hybridized carbons (Fsp3) is 0.588. The second-order valence-electron chi connectivity index (χ2n) is 5.89. The zero-order valence-electron chi connectivity index (χ0n) is 13.5. The average molecular weight is 276 g/mol. The van der Waals surface area contributed by atoms with Crippen molar-refractivity contribution in [3.05, 3.63) is 29.3 Å². The summed E-state index contributed by atoms with van der Waals surface area (Å²) in [6.07, 6.45) is 2.08. The minimum Gasteiger partial charge on any atom is -0.384 e. The van der Waals surface area contributed by atoms with Crippen molar-refractivity contribution in [2.45, 2.75) is 40.5 Å². The van der Waals surface area contributed by atoms with Crippen LogP contribution in [0.1, 0.15) is 49.5 Å². The Balaban J connectivity index is 2.85. The summed E-state index contributed by atoms with van der Waals surface area (Å²) in [6.45, 7) is 10.2. The summed E-state index contributed by atoms with van der Waals surface area (Å²) in [5.41, 5.74) is 2.90. The van der Waals surface area contributed by atoms with Crippen LogP contribution < -0.4 is 5.32 Å². The summed E-state index contributed by atoms with van der Waals surface area (Å²) in [4.78, 5) is 14.4. The molecule has 0 aliphatic heterocycles. The van der Waals surface area contributed by atoms with Crippen LogP contribution in [0.5, 0.6) is 0 Å². The highest BCUT2D eigenvalue weighted by molar-refractivity contribution is 5.99. The standard InChI is InChI=1S/C17H28N2O/c1-6-10-18-16-12-14(4)7-8-15(16)17(20)19(5)11-9-13(2)3/h7-8,12-13,18H,6,9-11H2,1-5H3. The maximum Gasteiger partial charge on any atom is 0.255 e. The minimum atomic E-state index is 0.101. The molecule has 0 fully saturated rings. The minimum absolute atomic E-state index is 0.101. The lowest BCUT2D eigenvalue weighted by molar-refractivity contribution is 0.0790. The van der Waals surface area contributed by atoms with E-state index >= 15 is 0 Å². The van der Waals surface area contributed by atoms with Crippen LogP contribution in [0.3, 0.4) is 0 Å². The second kappa shape index (κ2) is 7.93. The zero-order chi connectivity index (χ0) is 15.1. The van der Waals surface area contributed by atoms with Gasteiger partial charge in [0.2, 0.25) is 0 Å². The highest BCUT2D eigenvalue weighted by Gasteiger charge is 2.15. The van der Waals surface area contributed by atoms with Gasteiger partial charge >= 0.3 is 0 Å². The zero-order valence-corrected chi connectivity index (χ0v) is 13.5. The Labute approximate surface area is 123 Å². The first-order valence-electron chi connectivity index (χ1n) is 7.55. The van der Waals surface area contributed by atoms with Gasteiger partial charge in [0.1, 0.15) is 0 Å². The molecule has 1 rings (SSSR count). The van der Waals surface area contributed by atoms with Crippen molar-refractivity contribution < 1.29 is 4.79 Å². The van der Waals surface area contributed by atoms with Crippen LogP contribution in [0.2, 0.25) is 0 Å². The van der Waals surface area contributed by atoms with Gasteiger partial charge in [-0.25, -0.2) is 0 Å². The van der Waals surface area contributed by atoms with Gasteiger partial charge in [0, 0.05) is 25.8 Å². The molecule has 0 aromatic heterocycles. The van der Waals surface area contributed by atoms with Crippen LogP contribution in [0.25, 0.3) is 0 Å². The molecular formula is C17H28N2O. The highest BCUT2D eigenvalue weighted by Crippen LogP contribution is 2.19. The summed E-state index contributed by atoms with van der Waals surface area (Å²) in [6, 6.07) is 5.99. The summed E-state index contributed by atoms with van der Waals surface area (Å²) < 4.78 is 0. The molecule has 0 saturated heterocycles. The third kappa shape index (κ3) is 4.87. The molecule has 3 nitrogen and oxygen atoms in total. The molecule has 0 saturated carbocycles. The summed E-state index contributed by atoms with van der Waals surface area (Å²) in [5.74, 6) is 0.713. The molecule has 20 heavy (non-hydrogen) atoms. The quantitative estimate of drug-likeness (QED) is 0.818. The molecule has 0 heterocycles. The Kier molecular flexibility index (Phi) is 6.56. The predicted octanol–water partition coefficient (Wildman–Crippen LogP) is 3.94. The molecule has 0 aliphatic carbocycles. The second-order valence-corrected chi connectivity index (χ2v) is 5.89. The van der Waals surface area contributed by atoms with E-state index in [0.717, 1.165) is 37.2 Å². The number of hydrogen-bond donors (Lipinski definition) is 1. The van der Waals surface area contributed by atoms with Gasteiger partial charge in [-0.05, 0) is 43.4 Å². The van der Waals surface area contributed by atoms with Crippen molar-refractivity contribution in [2.75, 3.05) is 25.5 Å². The Morgan fingerprint density at radius 1 is 1.35 bits per heavy atom. The van der Waals surface area contributed by atoms with Crippen molar-refractivity contribution >= 4 is 11.6 Å². The average Bonchev–Trinajstić information content (AvgIpc) is 2.41. The van der Waals surface area contributed by atoms with E-state index in [1.165, 1.54) is 5.56 Å². The number of carbonyl (C=O) groups excluding carboxylic acids is 1. The van der Waals surface area contributed by atoms with E-state index in [-0.39, 0.29) is 5.91 Å². The number of hydrogen-bond acceptors (Lipinski definition) is 2. The molecule has 1 aromatic carbocycles. The largest absolute Gasteiger partial charge is 0.384 e. The van der Waals surface area contributed by atoms with E-state index in [4.69, 9.17) is 0 Å². The van der Waals surface area contributed by atoms with Crippen molar-refractivity contribution in [3.8, 4) is 0 Å². The van der Waals surface area contributed by atoms with E-state index in [2.05, 4.69) is 32.2 Å². The Morgan fingerprint density at radius 3 is 2.65 bits per heavy atom. The van der Waals surface area contributed by atoms with Gasteiger partial charge < -0.3 is 10.2 Å². The van der Waals surface area contributed by atoms with Crippen molar-refractivity contribution in [1.82, 2.24) is 4.90 Å². The Bertz CT molecular complexity index is 441. The molecule has 0 aliphatic rings. The number of anilines is 1. The highest BCUT2D eigenvalue weighted by atomic mass is 16.2. The lowest BCUT2D eigenvalue weighted by Crippen LogP contribution is -2.29. The van der Waals surface area contributed by atoms with Crippen LogP contribution in [0.15, 0.2) is 18.2 Å². The van der Waals surface area contributed by atoms with E-state index < -0.39 is 0 Å². The summed E-state index contributed by atoms with van der Waals surface area (Å²) in [5, 5.41) is 3.36. The fourth-order valence-electron chi connectivity index (χ4n) is 2.01.